The Morgan fingerprint density at radius 2 is 1.88 bits per heavy atom. The predicted molar refractivity (Wildman–Crippen MR) is 37.3 cm³/mol. The molecule has 0 atom stereocenters. The Labute approximate surface area is 54.2 Å². The van der Waals surface area contributed by atoms with Crippen molar-refractivity contribution in [2.75, 3.05) is 18.1 Å². The zero-order valence-electron chi connectivity index (χ0n) is 4.94. The molecule has 1 spiro atoms. The molecule has 0 aliphatic carbocycles. The van der Waals surface area contributed by atoms with E-state index in [0.29, 0.717) is 5.54 Å². The second kappa shape index (κ2) is 1.64. The second-order valence-corrected chi connectivity index (χ2v) is 3.97. The van der Waals surface area contributed by atoms with Crippen LogP contribution in [-0.2, 0) is 0 Å². The third-order valence-corrected chi connectivity index (χ3v) is 3.11. The van der Waals surface area contributed by atoms with Crippen molar-refractivity contribution in [3.63, 3.8) is 0 Å². The van der Waals surface area contributed by atoms with Gasteiger partial charge in [-0.3, -0.25) is 0 Å². The first-order valence-electron chi connectivity index (χ1n) is 3.24. The van der Waals surface area contributed by atoms with Crippen LogP contribution in [0, 0.1) is 0 Å². The van der Waals surface area contributed by atoms with Crippen molar-refractivity contribution in [2.45, 2.75) is 18.4 Å². The summed E-state index contributed by atoms with van der Waals surface area (Å²) >= 11 is 2.10. The van der Waals surface area contributed by atoms with Gasteiger partial charge >= 0.3 is 0 Å². The van der Waals surface area contributed by atoms with Crippen molar-refractivity contribution < 1.29 is 0 Å². The second-order valence-electron chi connectivity index (χ2n) is 2.75. The molecule has 2 aliphatic heterocycles. The van der Waals surface area contributed by atoms with Crippen LogP contribution in [-0.4, -0.2) is 23.6 Å². The van der Waals surface area contributed by atoms with E-state index in [4.69, 9.17) is 0 Å². The van der Waals surface area contributed by atoms with Crippen LogP contribution in [0.3, 0.4) is 0 Å². The minimum Gasteiger partial charge on any atom is -0.308 e. The molecule has 46 valence electrons. The molecule has 2 heteroatoms. The van der Waals surface area contributed by atoms with E-state index >= 15 is 0 Å². The lowest BCUT2D eigenvalue weighted by Crippen LogP contribution is -2.21. The standard InChI is InChI=1S/C6H11NS/c1-3-8-4-2-6(1)5-7-6/h7H,1-5H2. The summed E-state index contributed by atoms with van der Waals surface area (Å²) in [5.74, 6) is 2.76. The molecule has 2 aliphatic rings. The summed E-state index contributed by atoms with van der Waals surface area (Å²) < 4.78 is 0. The highest BCUT2D eigenvalue weighted by molar-refractivity contribution is 7.99. The Morgan fingerprint density at radius 3 is 2.25 bits per heavy atom. The third kappa shape index (κ3) is 0.759. The average Bonchev–Trinajstić information content (AvgIpc) is 2.52. The van der Waals surface area contributed by atoms with Gasteiger partial charge in [0.15, 0.2) is 0 Å². The summed E-state index contributed by atoms with van der Waals surface area (Å²) in [7, 11) is 0. The maximum Gasteiger partial charge on any atom is 0.0322 e. The lowest BCUT2D eigenvalue weighted by molar-refractivity contribution is 0.580. The van der Waals surface area contributed by atoms with Gasteiger partial charge in [0.1, 0.15) is 0 Å². The fourth-order valence-electron chi connectivity index (χ4n) is 1.24. The highest BCUT2D eigenvalue weighted by atomic mass is 32.2. The van der Waals surface area contributed by atoms with E-state index in [9.17, 15) is 0 Å². The molecule has 2 heterocycles. The molecular formula is C6H11NS. The van der Waals surface area contributed by atoms with E-state index in [1.54, 1.807) is 0 Å². The van der Waals surface area contributed by atoms with E-state index in [1.807, 2.05) is 0 Å². The molecule has 1 N–H and O–H groups in total. The van der Waals surface area contributed by atoms with E-state index in [2.05, 4.69) is 17.1 Å². The van der Waals surface area contributed by atoms with E-state index in [-0.39, 0.29) is 0 Å². The molecule has 0 radical (unpaired) electrons. The molecule has 2 rings (SSSR count). The summed E-state index contributed by atoms with van der Waals surface area (Å²) in [5.41, 5.74) is 0.658. The Kier molecular flexibility index (Phi) is 1.05. The molecule has 1 nitrogen and oxygen atoms in total. The van der Waals surface area contributed by atoms with Crippen LogP contribution in [0.15, 0.2) is 0 Å². The van der Waals surface area contributed by atoms with E-state index in [1.165, 1.54) is 30.9 Å². The Morgan fingerprint density at radius 1 is 1.25 bits per heavy atom. The van der Waals surface area contributed by atoms with Crippen molar-refractivity contribution in [3.05, 3.63) is 0 Å². The summed E-state index contributed by atoms with van der Waals surface area (Å²) in [6, 6.07) is 0. The molecule has 0 aromatic carbocycles. The monoisotopic (exact) mass is 129 g/mol. The molecule has 0 aromatic heterocycles. The predicted octanol–water partition coefficient (Wildman–Crippen LogP) is 0.855. The summed E-state index contributed by atoms with van der Waals surface area (Å²) in [5, 5.41) is 3.44. The van der Waals surface area contributed by atoms with E-state index < -0.39 is 0 Å². The van der Waals surface area contributed by atoms with Crippen LogP contribution in [0.1, 0.15) is 12.8 Å². The van der Waals surface area contributed by atoms with Crippen LogP contribution in [0.4, 0.5) is 0 Å². The maximum atomic E-state index is 3.44. The zero-order valence-corrected chi connectivity index (χ0v) is 5.76. The average molecular weight is 129 g/mol. The molecular weight excluding hydrogens is 118 g/mol. The smallest absolute Gasteiger partial charge is 0.0322 e. The van der Waals surface area contributed by atoms with Crippen LogP contribution in [0.25, 0.3) is 0 Å². The molecule has 0 saturated carbocycles. The van der Waals surface area contributed by atoms with Crippen molar-refractivity contribution in [2.24, 2.45) is 0 Å². The van der Waals surface area contributed by atoms with Crippen LogP contribution >= 0.6 is 11.8 Å². The van der Waals surface area contributed by atoms with Gasteiger partial charge in [0.2, 0.25) is 0 Å². The Balaban J connectivity index is 1.95. The van der Waals surface area contributed by atoms with Crippen LogP contribution in [0.2, 0.25) is 0 Å². The highest BCUT2D eigenvalue weighted by Crippen LogP contribution is 2.33. The highest BCUT2D eigenvalue weighted by Gasteiger charge is 2.42. The van der Waals surface area contributed by atoms with E-state index in [0.717, 1.165) is 0 Å². The van der Waals surface area contributed by atoms with Gasteiger partial charge in [0.25, 0.3) is 0 Å². The quantitative estimate of drug-likeness (QED) is 0.490. The molecule has 0 amide bonds. The largest absolute Gasteiger partial charge is 0.308 e. The minimum absolute atomic E-state index is 0.658. The first-order chi connectivity index (χ1) is 3.91. The molecule has 0 unspecified atom stereocenters. The molecule has 0 bridgehead atoms. The minimum atomic E-state index is 0.658. The van der Waals surface area contributed by atoms with Crippen molar-refractivity contribution >= 4 is 11.8 Å². The van der Waals surface area contributed by atoms with Crippen molar-refractivity contribution in [3.8, 4) is 0 Å². The third-order valence-electron chi connectivity index (χ3n) is 2.13. The number of thioether (sulfide) groups is 1. The van der Waals surface area contributed by atoms with Gasteiger partial charge in [-0.1, -0.05) is 0 Å². The van der Waals surface area contributed by atoms with Crippen LogP contribution in [0.5, 0.6) is 0 Å². The Hall–Kier alpha value is 0.310. The normalized spacial score (nSPS) is 33.0. The maximum absolute atomic E-state index is 3.44. The molecule has 8 heavy (non-hydrogen) atoms. The van der Waals surface area contributed by atoms with Gasteiger partial charge in [-0.2, -0.15) is 11.8 Å². The van der Waals surface area contributed by atoms with Gasteiger partial charge in [-0.05, 0) is 24.3 Å². The molecule has 2 fully saturated rings. The number of nitrogens with one attached hydrogen (secondary N) is 1. The lowest BCUT2D eigenvalue weighted by atomic mass is 10.0. The fraction of sp³-hybridized carbons (Fsp3) is 1.00. The fourth-order valence-corrected chi connectivity index (χ4v) is 2.51. The molecule has 2 saturated heterocycles. The summed E-state index contributed by atoms with van der Waals surface area (Å²) in [6.45, 7) is 1.30. The lowest BCUT2D eigenvalue weighted by Gasteiger charge is -2.17. The Bertz CT molecular complexity index is 90.7. The van der Waals surface area contributed by atoms with Gasteiger partial charge in [-0.15, -0.1) is 0 Å². The van der Waals surface area contributed by atoms with Gasteiger partial charge in [0, 0.05) is 12.1 Å². The summed E-state index contributed by atoms with van der Waals surface area (Å²) in [4.78, 5) is 0. The van der Waals surface area contributed by atoms with Gasteiger partial charge in [0.05, 0.1) is 0 Å². The first kappa shape index (κ1) is 5.12. The van der Waals surface area contributed by atoms with Crippen molar-refractivity contribution in [1.29, 1.82) is 0 Å². The van der Waals surface area contributed by atoms with Crippen LogP contribution < -0.4 is 5.32 Å². The number of hydrogen-bond acceptors (Lipinski definition) is 2. The van der Waals surface area contributed by atoms with Crippen molar-refractivity contribution in [1.82, 2.24) is 5.32 Å². The SMILES string of the molecule is C1CC2(CCS1)CN2. The topological polar surface area (TPSA) is 21.9 Å². The zero-order chi connectivity index (χ0) is 5.45. The van der Waals surface area contributed by atoms with Gasteiger partial charge in [-0.25, -0.2) is 0 Å². The van der Waals surface area contributed by atoms with Gasteiger partial charge < -0.3 is 5.32 Å². The number of hydrogen-bond donors (Lipinski definition) is 1. The summed E-state index contributed by atoms with van der Waals surface area (Å²) in [6.07, 6.45) is 2.83. The first-order valence-corrected chi connectivity index (χ1v) is 4.40. The number of rotatable bonds is 0. The molecule has 0 aromatic rings.